The SMILES string of the molecule is COc1ccc(CCN(C[C@@H]2CCCO2)C(=O)c2cncnc2C)cc1. The van der Waals surface area contributed by atoms with E-state index in [0.717, 1.165) is 37.2 Å². The number of aromatic nitrogens is 2. The van der Waals surface area contributed by atoms with Gasteiger partial charge in [-0.3, -0.25) is 4.79 Å². The summed E-state index contributed by atoms with van der Waals surface area (Å²) in [6.07, 6.45) is 6.00. The van der Waals surface area contributed by atoms with Crippen LogP contribution in [-0.2, 0) is 11.2 Å². The van der Waals surface area contributed by atoms with Crippen LogP contribution in [0.3, 0.4) is 0 Å². The first-order valence-electron chi connectivity index (χ1n) is 8.98. The van der Waals surface area contributed by atoms with E-state index in [2.05, 4.69) is 9.97 Å². The number of nitrogens with zero attached hydrogens (tertiary/aromatic N) is 3. The minimum Gasteiger partial charge on any atom is -0.497 e. The van der Waals surface area contributed by atoms with Crippen molar-refractivity contribution in [2.24, 2.45) is 0 Å². The van der Waals surface area contributed by atoms with Crippen molar-refractivity contribution in [2.75, 3.05) is 26.8 Å². The Kier molecular flexibility index (Phi) is 6.17. The smallest absolute Gasteiger partial charge is 0.257 e. The van der Waals surface area contributed by atoms with E-state index in [-0.39, 0.29) is 12.0 Å². The van der Waals surface area contributed by atoms with Crippen molar-refractivity contribution in [3.63, 3.8) is 0 Å². The van der Waals surface area contributed by atoms with Crippen LogP contribution in [0.1, 0.15) is 34.5 Å². The molecule has 0 unspecified atom stereocenters. The van der Waals surface area contributed by atoms with Crippen molar-refractivity contribution in [3.05, 3.63) is 53.6 Å². The Morgan fingerprint density at radius 2 is 2.15 bits per heavy atom. The summed E-state index contributed by atoms with van der Waals surface area (Å²) in [4.78, 5) is 23.1. The van der Waals surface area contributed by atoms with Crippen LogP contribution in [0, 0.1) is 6.92 Å². The Morgan fingerprint density at radius 3 is 2.81 bits per heavy atom. The average molecular weight is 355 g/mol. The Balaban J connectivity index is 1.71. The molecule has 1 saturated heterocycles. The van der Waals surface area contributed by atoms with Gasteiger partial charge in [-0.2, -0.15) is 0 Å². The van der Waals surface area contributed by atoms with Gasteiger partial charge in [0.15, 0.2) is 0 Å². The van der Waals surface area contributed by atoms with Crippen LogP contribution < -0.4 is 4.74 Å². The topological polar surface area (TPSA) is 64.6 Å². The molecule has 2 aromatic rings. The third-order valence-corrected chi connectivity index (χ3v) is 4.71. The molecule has 138 valence electrons. The summed E-state index contributed by atoms with van der Waals surface area (Å²) < 4.78 is 10.9. The number of methoxy groups -OCH3 is 1. The highest BCUT2D eigenvalue weighted by atomic mass is 16.5. The van der Waals surface area contributed by atoms with Crippen molar-refractivity contribution in [3.8, 4) is 5.75 Å². The van der Waals surface area contributed by atoms with Crippen molar-refractivity contribution in [2.45, 2.75) is 32.3 Å². The summed E-state index contributed by atoms with van der Waals surface area (Å²) in [7, 11) is 1.65. The van der Waals surface area contributed by atoms with Gasteiger partial charge in [-0.1, -0.05) is 12.1 Å². The maximum atomic E-state index is 13.0. The molecule has 2 heterocycles. The number of carbonyl (C=O) groups is 1. The van der Waals surface area contributed by atoms with Gasteiger partial charge >= 0.3 is 0 Å². The molecule has 26 heavy (non-hydrogen) atoms. The quantitative estimate of drug-likeness (QED) is 0.764. The minimum atomic E-state index is -0.0351. The van der Waals surface area contributed by atoms with Gasteiger partial charge in [-0.15, -0.1) is 0 Å². The van der Waals surface area contributed by atoms with Gasteiger partial charge in [0.2, 0.25) is 0 Å². The summed E-state index contributed by atoms with van der Waals surface area (Å²) in [6, 6.07) is 7.95. The van der Waals surface area contributed by atoms with Crippen molar-refractivity contribution >= 4 is 5.91 Å². The van der Waals surface area contributed by atoms with E-state index in [0.29, 0.717) is 24.3 Å². The van der Waals surface area contributed by atoms with Crippen LogP contribution in [0.25, 0.3) is 0 Å². The van der Waals surface area contributed by atoms with Crippen LogP contribution in [0.15, 0.2) is 36.8 Å². The van der Waals surface area contributed by atoms with Gasteiger partial charge in [0, 0.05) is 25.9 Å². The van der Waals surface area contributed by atoms with Crippen LogP contribution >= 0.6 is 0 Å². The summed E-state index contributed by atoms with van der Waals surface area (Å²) in [5, 5.41) is 0. The lowest BCUT2D eigenvalue weighted by atomic mass is 10.1. The van der Waals surface area contributed by atoms with E-state index in [4.69, 9.17) is 9.47 Å². The molecule has 0 saturated carbocycles. The van der Waals surface area contributed by atoms with E-state index >= 15 is 0 Å². The van der Waals surface area contributed by atoms with E-state index in [1.165, 1.54) is 6.33 Å². The second kappa shape index (κ2) is 8.76. The number of amides is 1. The Labute approximate surface area is 154 Å². The summed E-state index contributed by atoms with van der Waals surface area (Å²) in [5.74, 6) is 0.796. The van der Waals surface area contributed by atoms with Gasteiger partial charge in [0.25, 0.3) is 5.91 Å². The maximum Gasteiger partial charge on any atom is 0.257 e. The third-order valence-electron chi connectivity index (χ3n) is 4.71. The second-order valence-electron chi connectivity index (χ2n) is 6.51. The normalized spacial score (nSPS) is 16.5. The lowest BCUT2D eigenvalue weighted by Gasteiger charge is -2.26. The molecule has 1 aromatic carbocycles. The van der Waals surface area contributed by atoms with Crippen molar-refractivity contribution < 1.29 is 14.3 Å². The number of aryl methyl sites for hydroxylation is 1. The third kappa shape index (κ3) is 4.58. The first-order valence-corrected chi connectivity index (χ1v) is 8.98. The molecule has 3 rings (SSSR count). The van der Waals surface area contributed by atoms with Gasteiger partial charge in [0.05, 0.1) is 24.5 Å². The highest BCUT2D eigenvalue weighted by Crippen LogP contribution is 2.17. The molecule has 1 aliphatic heterocycles. The fourth-order valence-electron chi connectivity index (χ4n) is 3.14. The first-order chi connectivity index (χ1) is 12.7. The lowest BCUT2D eigenvalue weighted by Crippen LogP contribution is -2.39. The number of hydrogen-bond acceptors (Lipinski definition) is 5. The molecule has 0 radical (unpaired) electrons. The zero-order valence-electron chi connectivity index (χ0n) is 15.4. The Morgan fingerprint density at radius 1 is 1.35 bits per heavy atom. The summed E-state index contributed by atoms with van der Waals surface area (Å²) in [6.45, 7) is 3.84. The standard InChI is InChI=1S/C20H25N3O3/c1-15-19(12-21-14-22-15)20(24)23(13-18-4-3-11-26-18)10-9-16-5-7-17(25-2)8-6-16/h5-8,12,14,18H,3-4,9-11,13H2,1-2H3/t18-/m0/s1. The molecule has 0 N–H and O–H groups in total. The number of rotatable bonds is 7. The zero-order chi connectivity index (χ0) is 18.4. The molecular weight excluding hydrogens is 330 g/mol. The van der Waals surface area contributed by atoms with E-state index in [1.807, 2.05) is 36.1 Å². The number of carbonyl (C=O) groups excluding carboxylic acids is 1. The van der Waals surface area contributed by atoms with E-state index in [9.17, 15) is 4.79 Å². The second-order valence-corrected chi connectivity index (χ2v) is 6.51. The molecule has 0 bridgehead atoms. The summed E-state index contributed by atoms with van der Waals surface area (Å²) in [5.41, 5.74) is 2.42. The number of ether oxygens (including phenoxy) is 2. The fourth-order valence-corrected chi connectivity index (χ4v) is 3.14. The molecule has 1 fully saturated rings. The largest absolute Gasteiger partial charge is 0.497 e. The molecule has 6 nitrogen and oxygen atoms in total. The first kappa shape index (κ1) is 18.3. The fraction of sp³-hybridized carbons (Fsp3) is 0.450. The molecular formula is C20H25N3O3. The van der Waals surface area contributed by atoms with Crippen molar-refractivity contribution in [1.29, 1.82) is 0 Å². The Hall–Kier alpha value is -2.47. The van der Waals surface area contributed by atoms with Gasteiger partial charge in [-0.05, 0) is 43.9 Å². The van der Waals surface area contributed by atoms with Crippen LogP contribution in [-0.4, -0.2) is 53.7 Å². The zero-order valence-corrected chi connectivity index (χ0v) is 15.4. The van der Waals surface area contributed by atoms with Crippen molar-refractivity contribution in [1.82, 2.24) is 14.9 Å². The molecule has 0 aliphatic carbocycles. The van der Waals surface area contributed by atoms with Gasteiger partial charge in [-0.25, -0.2) is 9.97 Å². The molecule has 1 aliphatic rings. The highest BCUT2D eigenvalue weighted by Gasteiger charge is 2.24. The predicted molar refractivity (Wildman–Crippen MR) is 98.3 cm³/mol. The number of benzene rings is 1. The molecule has 1 atom stereocenters. The highest BCUT2D eigenvalue weighted by molar-refractivity contribution is 5.94. The van der Waals surface area contributed by atoms with Gasteiger partial charge in [0.1, 0.15) is 12.1 Å². The molecule has 6 heteroatoms. The molecule has 1 aromatic heterocycles. The molecule has 1 amide bonds. The van der Waals surface area contributed by atoms with E-state index < -0.39 is 0 Å². The lowest BCUT2D eigenvalue weighted by molar-refractivity contribution is 0.0527. The maximum absolute atomic E-state index is 13.0. The van der Waals surface area contributed by atoms with Crippen LogP contribution in [0.5, 0.6) is 5.75 Å². The van der Waals surface area contributed by atoms with E-state index in [1.54, 1.807) is 13.3 Å². The number of hydrogen-bond donors (Lipinski definition) is 0. The monoisotopic (exact) mass is 355 g/mol. The molecule has 0 spiro atoms. The Bertz CT molecular complexity index is 727. The minimum absolute atomic E-state index is 0.0351. The van der Waals surface area contributed by atoms with Gasteiger partial charge < -0.3 is 14.4 Å². The average Bonchev–Trinajstić information content (AvgIpc) is 3.18. The van der Waals surface area contributed by atoms with Crippen LogP contribution in [0.2, 0.25) is 0 Å². The predicted octanol–water partition coefficient (Wildman–Crippen LogP) is 2.66. The van der Waals surface area contributed by atoms with Crippen LogP contribution in [0.4, 0.5) is 0 Å². The summed E-state index contributed by atoms with van der Waals surface area (Å²) >= 11 is 0.